The van der Waals surface area contributed by atoms with Crippen molar-refractivity contribution < 1.29 is 13.9 Å². The van der Waals surface area contributed by atoms with Crippen molar-refractivity contribution in [3.63, 3.8) is 0 Å². The molecule has 104 valence electrons. The van der Waals surface area contributed by atoms with Crippen LogP contribution in [0.5, 0.6) is 5.75 Å². The van der Waals surface area contributed by atoms with E-state index in [1.807, 2.05) is 30.3 Å². The van der Waals surface area contributed by atoms with E-state index in [1.165, 1.54) is 12.1 Å². The molecule has 21 heavy (non-hydrogen) atoms. The van der Waals surface area contributed by atoms with Gasteiger partial charge in [-0.3, -0.25) is 4.79 Å². The van der Waals surface area contributed by atoms with Gasteiger partial charge in [-0.2, -0.15) is 0 Å². The Labute approximate surface area is 121 Å². The number of aldehydes is 1. The van der Waals surface area contributed by atoms with E-state index in [4.69, 9.17) is 4.74 Å². The number of hydrogen-bond acceptors (Lipinski definition) is 3. The molecule has 0 fully saturated rings. The van der Waals surface area contributed by atoms with Gasteiger partial charge >= 0.3 is 0 Å². The summed E-state index contributed by atoms with van der Waals surface area (Å²) >= 11 is 0. The Kier molecular flexibility index (Phi) is 3.60. The number of aromatic nitrogens is 1. The Hall–Kier alpha value is -2.75. The van der Waals surface area contributed by atoms with Crippen molar-refractivity contribution >= 4 is 17.2 Å². The minimum atomic E-state index is -0.350. The molecule has 0 unspecified atom stereocenters. The van der Waals surface area contributed by atoms with Gasteiger partial charge in [-0.15, -0.1) is 0 Å². The van der Waals surface area contributed by atoms with E-state index >= 15 is 0 Å². The van der Waals surface area contributed by atoms with Crippen molar-refractivity contribution in [2.45, 2.75) is 6.61 Å². The van der Waals surface area contributed by atoms with E-state index in [-0.39, 0.29) is 11.5 Å². The molecule has 2 aromatic carbocycles. The molecule has 0 saturated heterocycles. The van der Waals surface area contributed by atoms with Gasteiger partial charge in [0.05, 0.1) is 5.52 Å². The van der Waals surface area contributed by atoms with Crippen LogP contribution in [0.15, 0.2) is 54.6 Å². The summed E-state index contributed by atoms with van der Waals surface area (Å²) in [4.78, 5) is 15.3. The molecule has 3 nitrogen and oxygen atoms in total. The summed E-state index contributed by atoms with van der Waals surface area (Å²) in [6.07, 6.45) is 0.642. The number of halogens is 1. The fraction of sp³-hybridized carbons (Fsp3) is 0.0588. The molecule has 3 aromatic rings. The number of benzene rings is 2. The summed E-state index contributed by atoms with van der Waals surface area (Å²) in [6, 6.07) is 15.4. The maximum absolute atomic E-state index is 13.3. The van der Waals surface area contributed by atoms with Crippen molar-refractivity contribution in [3.05, 3.63) is 71.7 Å². The van der Waals surface area contributed by atoms with Crippen LogP contribution in [0.4, 0.5) is 4.39 Å². The highest BCUT2D eigenvalue weighted by atomic mass is 19.1. The van der Waals surface area contributed by atoms with Crippen molar-refractivity contribution in [1.82, 2.24) is 4.98 Å². The van der Waals surface area contributed by atoms with E-state index in [1.54, 1.807) is 12.1 Å². The second kappa shape index (κ2) is 5.71. The van der Waals surface area contributed by atoms with Gasteiger partial charge in [-0.25, -0.2) is 9.37 Å². The SMILES string of the molecule is O=Cc1nc2ccc(F)cc2cc1OCc1ccccc1. The molecule has 0 aliphatic heterocycles. The molecule has 0 saturated carbocycles. The topological polar surface area (TPSA) is 39.2 Å². The standard InChI is InChI=1S/C17H12FNO2/c18-14-6-7-15-13(8-14)9-17(16(10-20)19-15)21-11-12-4-2-1-3-5-12/h1-10H,11H2. The molecule has 3 rings (SSSR count). The van der Waals surface area contributed by atoms with Gasteiger partial charge in [0.1, 0.15) is 23.9 Å². The summed E-state index contributed by atoms with van der Waals surface area (Å²) in [5.41, 5.74) is 1.75. The smallest absolute Gasteiger partial charge is 0.172 e. The average molecular weight is 281 g/mol. The van der Waals surface area contributed by atoms with Crippen molar-refractivity contribution in [1.29, 1.82) is 0 Å². The first kappa shape index (κ1) is 13.2. The summed E-state index contributed by atoms with van der Waals surface area (Å²) in [5, 5.41) is 0.601. The number of rotatable bonds is 4. The van der Waals surface area contributed by atoms with Crippen molar-refractivity contribution in [2.75, 3.05) is 0 Å². The largest absolute Gasteiger partial charge is 0.486 e. The Morgan fingerprint density at radius 2 is 1.90 bits per heavy atom. The molecule has 0 bridgehead atoms. The molecular formula is C17H12FNO2. The molecule has 0 atom stereocenters. The first-order valence-electron chi connectivity index (χ1n) is 6.48. The summed E-state index contributed by atoms with van der Waals surface area (Å²) < 4.78 is 18.9. The minimum absolute atomic E-state index is 0.213. The van der Waals surface area contributed by atoms with Gasteiger partial charge in [0.25, 0.3) is 0 Å². The lowest BCUT2D eigenvalue weighted by Gasteiger charge is -2.09. The van der Waals surface area contributed by atoms with Crippen LogP contribution in [0.2, 0.25) is 0 Å². The Bertz CT molecular complexity index is 787. The molecule has 0 N–H and O–H groups in total. The van der Waals surface area contributed by atoms with Crippen LogP contribution in [0, 0.1) is 5.82 Å². The van der Waals surface area contributed by atoms with Gasteiger partial charge in [0.15, 0.2) is 6.29 Å². The molecular weight excluding hydrogens is 269 g/mol. The van der Waals surface area contributed by atoms with E-state index in [0.717, 1.165) is 5.56 Å². The van der Waals surface area contributed by atoms with Crippen LogP contribution in [-0.4, -0.2) is 11.3 Å². The van der Waals surface area contributed by atoms with Gasteiger partial charge in [0.2, 0.25) is 0 Å². The quantitative estimate of drug-likeness (QED) is 0.683. The first-order chi connectivity index (χ1) is 10.3. The van der Waals surface area contributed by atoms with Crippen LogP contribution in [0.25, 0.3) is 10.9 Å². The fourth-order valence-electron chi connectivity index (χ4n) is 2.08. The van der Waals surface area contributed by atoms with Gasteiger partial charge in [0, 0.05) is 5.39 Å². The highest BCUT2D eigenvalue weighted by Crippen LogP contribution is 2.23. The third kappa shape index (κ3) is 2.89. The van der Waals surface area contributed by atoms with Crippen LogP contribution >= 0.6 is 0 Å². The Balaban J connectivity index is 1.94. The number of carbonyl (C=O) groups excluding carboxylic acids is 1. The van der Waals surface area contributed by atoms with E-state index in [9.17, 15) is 9.18 Å². The summed E-state index contributed by atoms with van der Waals surface area (Å²) in [5.74, 6) is 0.00381. The lowest BCUT2D eigenvalue weighted by Crippen LogP contribution is -2.00. The number of carbonyl (C=O) groups is 1. The van der Waals surface area contributed by atoms with Gasteiger partial charge < -0.3 is 4.74 Å². The maximum atomic E-state index is 13.3. The lowest BCUT2D eigenvalue weighted by molar-refractivity contribution is 0.111. The number of ether oxygens (including phenoxy) is 1. The lowest BCUT2D eigenvalue weighted by atomic mass is 10.2. The Morgan fingerprint density at radius 1 is 1.10 bits per heavy atom. The van der Waals surface area contributed by atoms with E-state index < -0.39 is 0 Å². The van der Waals surface area contributed by atoms with Crippen molar-refractivity contribution in [2.24, 2.45) is 0 Å². The first-order valence-corrected chi connectivity index (χ1v) is 6.48. The normalized spacial score (nSPS) is 10.5. The molecule has 0 spiro atoms. The fourth-order valence-corrected chi connectivity index (χ4v) is 2.08. The number of pyridine rings is 1. The number of nitrogens with zero attached hydrogens (tertiary/aromatic N) is 1. The zero-order chi connectivity index (χ0) is 14.7. The molecule has 4 heteroatoms. The van der Waals surface area contributed by atoms with Gasteiger partial charge in [-0.1, -0.05) is 30.3 Å². The third-order valence-electron chi connectivity index (χ3n) is 3.12. The van der Waals surface area contributed by atoms with E-state index in [0.29, 0.717) is 29.5 Å². The zero-order valence-corrected chi connectivity index (χ0v) is 11.1. The zero-order valence-electron chi connectivity index (χ0n) is 11.1. The molecule has 1 heterocycles. The highest BCUT2D eigenvalue weighted by molar-refractivity contribution is 5.86. The van der Waals surface area contributed by atoms with Crippen LogP contribution in [-0.2, 0) is 6.61 Å². The molecule has 0 amide bonds. The number of hydrogen-bond donors (Lipinski definition) is 0. The molecule has 1 aromatic heterocycles. The minimum Gasteiger partial charge on any atom is -0.486 e. The van der Waals surface area contributed by atoms with Crippen LogP contribution < -0.4 is 4.74 Å². The third-order valence-corrected chi connectivity index (χ3v) is 3.12. The average Bonchev–Trinajstić information content (AvgIpc) is 2.53. The monoisotopic (exact) mass is 281 g/mol. The summed E-state index contributed by atoms with van der Waals surface area (Å²) in [6.45, 7) is 0.324. The second-order valence-corrected chi connectivity index (χ2v) is 4.60. The number of fused-ring (bicyclic) bond motifs is 1. The maximum Gasteiger partial charge on any atom is 0.172 e. The second-order valence-electron chi connectivity index (χ2n) is 4.60. The molecule has 0 radical (unpaired) electrons. The predicted molar refractivity (Wildman–Crippen MR) is 77.9 cm³/mol. The van der Waals surface area contributed by atoms with E-state index in [2.05, 4.69) is 4.98 Å². The summed E-state index contributed by atoms with van der Waals surface area (Å²) in [7, 11) is 0. The van der Waals surface area contributed by atoms with Crippen LogP contribution in [0.1, 0.15) is 16.1 Å². The highest BCUT2D eigenvalue weighted by Gasteiger charge is 2.08. The van der Waals surface area contributed by atoms with Gasteiger partial charge in [-0.05, 0) is 29.8 Å². The Morgan fingerprint density at radius 3 is 2.67 bits per heavy atom. The van der Waals surface area contributed by atoms with Crippen molar-refractivity contribution in [3.8, 4) is 5.75 Å². The van der Waals surface area contributed by atoms with Crippen LogP contribution in [0.3, 0.4) is 0 Å². The predicted octanol–water partition coefficient (Wildman–Crippen LogP) is 3.77. The molecule has 0 aliphatic carbocycles. The molecule has 0 aliphatic rings.